The van der Waals surface area contributed by atoms with Crippen LogP contribution in [-0.2, 0) is 20.7 Å². The van der Waals surface area contributed by atoms with E-state index in [-0.39, 0.29) is 24.1 Å². The highest BCUT2D eigenvalue weighted by molar-refractivity contribution is 6.76. The molecule has 0 saturated carbocycles. The molecule has 3 aliphatic rings. The summed E-state index contributed by atoms with van der Waals surface area (Å²) in [6, 6.07) is 4.81. The molecule has 1 atom stereocenters. The molecule has 38 heavy (non-hydrogen) atoms. The number of rotatable bonds is 7. The Morgan fingerprint density at radius 1 is 1.24 bits per heavy atom. The zero-order valence-corrected chi connectivity index (χ0v) is 25.5. The average molecular weight is 545 g/mol. The predicted molar refractivity (Wildman–Crippen MR) is 151 cm³/mol. The molecule has 1 aromatic rings. The number of amidine groups is 1. The number of fused-ring (bicyclic) bond motifs is 3. The topological polar surface area (TPSA) is 83.9 Å². The summed E-state index contributed by atoms with van der Waals surface area (Å²) >= 11 is 0. The lowest BCUT2D eigenvalue weighted by molar-refractivity contribution is -0.138. The maximum atomic E-state index is 13.2. The number of ether oxygens (including phenoxy) is 3. The van der Waals surface area contributed by atoms with Crippen molar-refractivity contribution in [2.45, 2.75) is 85.3 Å². The van der Waals surface area contributed by atoms with Crippen LogP contribution in [0.25, 0.3) is 0 Å². The van der Waals surface area contributed by atoms with E-state index in [9.17, 15) is 9.59 Å². The molecule has 0 aliphatic carbocycles. The minimum atomic E-state index is -1.21. The maximum absolute atomic E-state index is 13.2. The first kappa shape index (κ1) is 28.4. The smallest absolute Gasteiger partial charge is 0.410 e. The third kappa shape index (κ3) is 6.34. The van der Waals surface area contributed by atoms with Crippen molar-refractivity contribution >= 4 is 31.6 Å². The van der Waals surface area contributed by atoms with E-state index in [1.807, 2.05) is 32.6 Å². The highest BCUT2D eigenvalue weighted by Crippen LogP contribution is 2.41. The van der Waals surface area contributed by atoms with Crippen LogP contribution >= 0.6 is 0 Å². The molecule has 4 rings (SSSR count). The van der Waals surface area contributed by atoms with Crippen LogP contribution in [0.1, 0.15) is 45.7 Å². The van der Waals surface area contributed by atoms with Gasteiger partial charge >= 0.3 is 6.09 Å². The van der Waals surface area contributed by atoms with Crippen LogP contribution in [0.4, 0.5) is 10.5 Å². The van der Waals surface area contributed by atoms with E-state index in [0.29, 0.717) is 32.1 Å². The molecule has 9 nitrogen and oxygen atoms in total. The van der Waals surface area contributed by atoms with E-state index in [4.69, 9.17) is 14.2 Å². The lowest BCUT2D eigenvalue weighted by atomic mass is 9.76. The van der Waals surface area contributed by atoms with E-state index >= 15 is 0 Å². The normalized spacial score (nSPS) is 20.8. The van der Waals surface area contributed by atoms with Gasteiger partial charge in [-0.25, -0.2) is 9.80 Å². The lowest BCUT2D eigenvalue weighted by Crippen LogP contribution is -2.59. The minimum absolute atomic E-state index is 0.0459. The summed E-state index contributed by atoms with van der Waals surface area (Å²) in [5.41, 5.74) is 2.62. The first-order chi connectivity index (χ1) is 17.6. The fourth-order valence-electron chi connectivity index (χ4n) is 5.11. The van der Waals surface area contributed by atoms with Gasteiger partial charge in [0.1, 0.15) is 30.7 Å². The number of hydrogen-bond donors (Lipinski definition) is 0. The van der Waals surface area contributed by atoms with Gasteiger partial charge in [-0.05, 0) is 70.3 Å². The number of aryl methyl sites for hydroxylation is 1. The van der Waals surface area contributed by atoms with Crippen molar-refractivity contribution in [1.29, 1.82) is 0 Å². The summed E-state index contributed by atoms with van der Waals surface area (Å²) in [5.74, 6) is 1.38. The quantitative estimate of drug-likeness (QED) is 0.360. The van der Waals surface area contributed by atoms with Gasteiger partial charge in [0.05, 0.1) is 5.69 Å². The number of nitrogens with zero attached hydrogens (tertiary/aromatic N) is 4. The molecule has 0 bridgehead atoms. The monoisotopic (exact) mass is 544 g/mol. The fraction of sp³-hybridized carbons (Fsp3) is 0.679. The molecule has 10 heteroatoms. The number of carbonyl (C=O) groups is 2. The summed E-state index contributed by atoms with van der Waals surface area (Å²) in [6.07, 6.45) is 0.548. The number of amides is 2. The second kappa shape index (κ2) is 10.2. The number of benzene rings is 1. The van der Waals surface area contributed by atoms with Gasteiger partial charge < -0.3 is 24.0 Å². The zero-order valence-electron chi connectivity index (χ0n) is 24.5. The average Bonchev–Trinajstić information content (AvgIpc) is 2.76. The SMILES string of the molecule is Cc1cc2c(cc1CC1(C)CN(C(=O)OC(C)(C)C)C1)N1C(=NN(COCC[Si](C)(C)C)C(=O)C1C)CO2. The maximum Gasteiger partial charge on any atom is 0.410 e. The molecule has 3 heterocycles. The number of hydrazone groups is 1. The van der Waals surface area contributed by atoms with E-state index in [1.165, 1.54) is 10.6 Å². The van der Waals surface area contributed by atoms with Crippen molar-refractivity contribution in [3.8, 4) is 5.75 Å². The van der Waals surface area contributed by atoms with E-state index in [1.54, 1.807) is 4.90 Å². The number of carbonyl (C=O) groups excluding carboxylic acids is 2. The van der Waals surface area contributed by atoms with E-state index < -0.39 is 19.7 Å². The van der Waals surface area contributed by atoms with Crippen LogP contribution in [-0.4, -0.2) is 80.5 Å². The Balaban J connectivity index is 1.47. The summed E-state index contributed by atoms with van der Waals surface area (Å²) < 4.78 is 17.4. The van der Waals surface area contributed by atoms with Crippen molar-refractivity contribution in [3.63, 3.8) is 0 Å². The van der Waals surface area contributed by atoms with Gasteiger partial charge in [-0.1, -0.05) is 26.6 Å². The molecule has 210 valence electrons. The third-order valence-corrected chi connectivity index (χ3v) is 8.88. The van der Waals surface area contributed by atoms with Gasteiger partial charge in [0.15, 0.2) is 5.84 Å². The molecule has 1 fully saturated rings. The van der Waals surface area contributed by atoms with Gasteiger partial charge in [-0.2, -0.15) is 5.10 Å². The third-order valence-electron chi connectivity index (χ3n) is 7.17. The summed E-state index contributed by atoms with van der Waals surface area (Å²) in [4.78, 5) is 29.4. The molecule has 0 radical (unpaired) electrons. The predicted octanol–water partition coefficient (Wildman–Crippen LogP) is 4.85. The molecular weight excluding hydrogens is 500 g/mol. The van der Waals surface area contributed by atoms with Crippen molar-refractivity contribution in [2.24, 2.45) is 10.5 Å². The highest BCUT2D eigenvalue weighted by atomic mass is 28.3. The second-order valence-corrected chi connectivity index (χ2v) is 19.1. The van der Waals surface area contributed by atoms with Crippen LogP contribution < -0.4 is 9.64 Å². The van der Waals surface area contributed by atoms with Crippen LogP contribution in [0.2, 0.25) is 25.7 Å². The van der Waals surface area contributed by atoms with Crippen molar-refractivity contribution in [2.75, 3.05) is 37.9 Å². The fourth-order valence-corrected chi connectivity index (χ4v) is 5.86. The molecule has 1 unspecified atom stereocenters. The van der Waals surface area contributed by atoms with Gasteiger partial charge in [0, 0.05) is 33.2 Å². The standard InChI is InChI=1S/C28H44N4O5Si/c1-19-12-23-22(13-21(19)14-28(6)16-30(17-28)26(34)37-27(3,4)5)32-20(2)25(33)31(29-24(32)15-36-23)18-35-10-11-38(7,8)9/h12-13,20H,10-11,14-18H2,1-9H3. The Labute approximate surface area is 228 Å². The molecule has 1 aromatic carbocycles. The van der Waals surface area contributed by atoms with E-state index in [0.717, 1.165) is 29.5 Å². The number of anilines is 1. The Morgan fingerprint density at radius 3 is 2.55 bits per heavy atom. The van der Waals surface area contributed by atoms with Gasteiger partial charge in [-0.15, -0.1) is 0 Å². The Hall–Kier alpha value is -2.59. The molecule has 0 N–H and O–H groups in total. The summed E-state index contributed by atoms with van der Waals surface area (Å²) in [6.45, 7) is 21.1. The van der Waals surface area contributed by atoms with Crippen molar-refractivity contribution < 1.29 is 23.8 Å². The Morgan fingerprint density at radius 2 is 1.92 bits per heavy atom. The lowest BCUT2D eigenvalue weighted by Gasteiger charge is -2.48. The highest BCUT2D eigenvalue weighted by Gasteiger charge is 2.44. The van der Waals surface area contributed by atoms with E-state index in [2.05, 4.69) is 50.7 Å². The zero-order chi connectivity index (χ0) is 28.0. The molecular formula is C28H44N4O5Si. The van der Waals surface area contributed by atoms with Gasteiger partial charge in [-0.3, -0.25) is 4.79 Å². The van der Waals surface area contributed by atoms with Crippen LogP contribution in [0, 0.1) is 12.3 Å². The molecule has 0 spiro atoms. The van der Waals surface area contributed by atoms with Crippen LogP contribution in [0.5, 0.6) is 5.75 Å². The Kier molecular flexibility index (Phi) is 7.61. The second-order valence-electron chi connectivity index (χ2n) is 13.5. The molecule has 2 amide bonds. The van der Waals surface area contributed by atoms with Gasteiger partial charge in [0.25, 0.3) is 5.91 Å². The summed E-state index contributed by atoms with van der Waals surface area (Å²) in [7, 11) is -1.21. The number of likely N-dealkylation sites (tertiary alicyclic amines) is 1. The molecule has 1 saturated heterocycles. The van der Waals surface area contributed by atoms with Crippen LogP contribution in [0.3, 0.4) is 0 Å². The number of hydrogen-bond acceptors (Lipinski definition) is 7. The minimum Gasteiger partial charge on any atom is -0.483 e. The van der Waals surface area contributed by atoms with Crippen molar-refractivity contribution in [1.82, 2.24) is 9.91 Å². The largest absolute Gasteiger partial charge is 0.483 e. The van der Waals surface area contributed by atoms with Crippen LogP contribution in [0.15, 0.2) is 17.2 Å². The molecule has 0 aromatic heterocycles. The van der Waals surface area contributed by atoms with Crippen molar-refractivity contribution in [3.05, 3.63) is 23.3 Å². The summed E-state index contributed by atoms with van der Waals surface area (Å²) in [5, 5.41) is 6.05. The van der Waals surface area contributed by atoms with Gasteiger partial charge in [0.2, 0.25) is 0 Å². The molecule has 3 aliphatic heterocycles. The first-order valence-electron chi connectivity index (χ1n) is 13.6. The Bertz CT molecular complexity index is 1120. The first-order valence-corrected chi connectivity index (χ1v) is 17.3.